The van der Waals surface area contributed by atoms with E-state index in [0.717, 1.165) is 5.56 Å². The van der Waals surface area contributed by atoms with E-state index < -0.39 is 5.97 Å². The highest BCUT2D eigenvalue weighted by atomic mass is 32.2. The monoisotopic (exact) mass is 326 g/mol. The van der Waals surface area contributed by atoms with Crippen LogP contribution in [0.2, 0.25) is 0 Å². The molecule has 0 unspecified atom stereocenters. The number of nitriles is 1. The van der Waals surface area contributed by atoms with Crippen LogP contribution in [0, 0.1) is 11.3 Å². The van der Waals surface area contributed by atoms with Crippen molar-refractivity contribution >= 4 is 29.3 Å². The molecule has 0 saturated heterocycles. The van der Waals surface area contributed by atoms with Crippen LogP contribution in [0.15, 0.2) is 48.5 Å². The number of anilines is 1. The third kappa shape index (κ3) is 5.16. The highest BCUT2D eigenvalue weighted by Crippen LogP contribution is 2.15. The van der Waals surface area contributed by atoms with Gasteiger partial charge in [-0.2, -0.15) is 5.26 Å². The molecule has 0 aliphatic heterocycles. The van der Waals surface area contributed by atoms with Crippen LogP contribution in [0.1, 0.15) is 21.5 Å². The topological polar surface area (TPSA) is 90.2 Å². The maximum absolute atomic E-state index is 11.9. The Morgan fingerprint density at radius 1 is 1.17 bits per heavy atom. The zero-order chi connectivity index (χ0) is 16.7. The van der Waals surface area contributed by atoms with Crippen molar-refractivity contribution < 1.29 is 14.7 Å². The summed E-state index contributed by atoms with van der Waals surface area (Å²) in [7, 11) is 0. The molecule has 0 spiro atoms. The minimum Gasteiger partial charge on any atom is -0.478 e. The van der Waals surface area contributed by atoms with Crippen LogP contribution < -0.4 is 5.32 Å². The largest absolute Gasteiger partial charge is 0.478 e. The van der Waals surface area contributed by atoms with Crippen LogP contribution in [0.4, 0.5) is 5.69 Å². The molecule has 23 heavy (non-hydrogen) atoms. The van der Waals surface area contributed by atoms with Crippen LogP contribution in [0.25, 0.3) is 0 Å². The lowest BCUT2D eigenvalue weighted by atomic mass is 10.2. The molecule has 0 fully saturated rings. The van der Waals surface area contributed by atoms with Gasteiger partial charge in [0.2, 0.25) is 5.91 Å². The van der Waals surface area contributed by atoms with E-state index in [9.17, 15) is 9.59 Å². The van der Waals surface area contributed by atoms with Crippen molar-refractivity contribution in [3.8, 4) is 6.07 Å². The summed E-state index contributed by atoms with van der Waals surface area (Å²) in [5, 5.41) is 20.3. The number of rotatable bonds is 6. The van der Waals surface area contributed by atoms with Crippen molar-refractivity contribution in [2.75, 3.05) is 11.1 Å². The van der Waals surface area contributed by atoms with Crippen LogP contribution in [0.5, 0.6) is 0 Å². The number of nitrogens with one attached hydrogen (secondary N) is 1. The molecule has 0 atom stereocenters. The van der Waals surface area contributed by atoms with E-state index in [1.54, 1.807) is 24.3 Å². The molecule has 5 nitrogen and oxygen atoms in total. The Morgan fingerprint density at radius 3 is 2.57 bits per heavy atom. The Balaban J connectivity index is 1.82. The zero-order valence-electron chi connectivity index (χ0n) is 12.2. The molecule has 2 rings (SSSR count). The standard InChI is InChI=1S/C17H14N2O3S/c18-9-12-4-6-13(7-5-12)10-23-11-16(20)19-15-3-1-2-14(8-15)17(21)22/h1-8H,10-11H2,(H,19,20)(H,21,22). The van der Waals surface area contributed by atoms with Gasteiger partial charge in [-0.15, -0.1) is 11.8 Å². The average Bonchev–Trinajstić information content (AvgIpc) is 2.55. The van der Waals surface area contributed by atoms with Gasteiger partial charge in [-0.1, -0.05) is 18.2 Å². The Morgan fingerprint density at radius 2 is 1.91 bits per heavy atom. The summed E-state index contributed by atoms with van der Waals surface area (Å²) in [5.74, 6) is -0.298. The number of carboxylic acid groups (broad SMARTS) is 1. The number of aromatic carboxylic acids is 1. The van der Waals surface area contributed by atoms with Gasteiger partial charge in [0, 0.05) is 11.4 Å². The van der Waals surface area contributed by atoms with Crippen LogP contribution >= 0.6 is 11.8 Å². The fraction of sp³-hybridized carbons (Fsp3) is 0.118. The molecule has 2 N–H and O–H groups in total. The molecule has 0 aliphatic rings. The van der Waals surface area contributed by atoms with Gasteiger partial charge in [-0.25, -0.2) is 4.79 Å². The first-order valence-corrected chi connectivity index (χ1v) is 7.94. The van der Waals surface area contributed by atoms with Gasteiger partial charge < -0.3 is 10.4 Å². The molecular formula is C17H14N2O3S. The van der Waals surface area contributed by atoms with Gasteiger partial charge in [0.05, 0.1) is 22.9 Å². The molecule has 6 heteroatoms. The van der Waals surface area contributed by atoms with E-state index in [4.69, 9.17) is 10.4 Å². The van der Waals surface area contributed by atoms with Crippen LogP contribution in [-0.4, -0.2) is 22.7 Å². The lowest BCUT2D eigenvalue weighted by Crippen LogP contribution is -2.14. The number of benzene rings is 2. The maximum Gasteiger partial charge on any atom is 0.335 e. The first kappa shape index (κ1) is 16.6. The summed E-state index contributed by atoms with van der Waals surface area (Å²) in [6, 6.07) is 15.4. The summed E-state index contributed by atoms with van der Waals surface area (Å²) in [6.45, 7) is 0. The van der Waals surface area contributed by atoms with Gasteiger partial charge in [0.25, 0.3) is 0 Å². The normalized spacial score (nSPS) is 9.87. The van der Waals surface area contributed by atoms with E-state index in [0.29, 0.717) is 17.0 Å². The number of nitrogens with zero attached hydrogens (tertiary/aromatic N) is 1. The van der Waals surface area contributed by atoms with E-state index in [1.807, 2.05) is 12.1 Å². The average molecular weight is 326 g/mol. The highest BCUT2D eigenvalue weighted by Gasteiger charge is 2.06. The summed E-state index contributed by atoms with van der Waals surface area (Å²) in [4.78, 5) is 22.7. The minimum absolute atomic E-state index is 0.132. The molecule has 0 saturated carbocycles. The second-order valence-corrected chi connectivity index (χ2v) is 5.72. The number of amides is 1. The van der Waals surface area contributed by atoms with Gasteiger partial charge in [0.15, 0.2) is 0 Å². The van der Waals surface area contributed by atoms with Gasteiger partial charge >= 0.3 is 5.97 Å². The SMILES string of the molecule is N#Cc1ccc(CSCC(=O)Nc2cccc(C(=O)O)c2)cc1. The van der Waals surface area contributed by atoms with Crippen molar-refractivity contribution in [2.45, 2.75) is 5.75 Å². The third-order valence-corrected chi connectivity index (χ3v) is 3.98. The Labute approximate surface area is 137 Å². The number of carboxylic acids is 1. The molecule has 2 aromatic carbocycles. The van der Waals surface area contributed by atoms with Crippen molar-refractivity contribution in [1.82, 2.24) is 0 Å². The van der Waals surface area contributed by atoms with E-state index in [2.05, 4.69) is 11.4 Å². The summed E-state index contributed by atoms with van der Waals surface area (Å²) in [6.07, 6.45) is 0. The van der Waals surface area contributed by atoms with Crippen molar-refractivity contribution in [2.24, 2.45) is 0 Å². The number of hydrogen-bond donors (Lipinski definition) is 2. The van der Waals surface area contributed by atoms with Crippen LogP contribution in [-0.2, 0) is 10.5 Å². The second-order valence-electron chi connectivity index (χ2n) is 4.74. The number of hydrogen-bond acceptors (Lipinski definition) is 4. The summed E-state index contributed by atoms with van der Waals surface area (Å²) in [5.41, 5.74) is 2.24. The maximum atomic E-state index is 11.9. The third-order valence-electron chi connectivity index (χ3n) is 2.98. The first-order valence-electron chi connectivity index (χ1n) is 6.78. The van der Waals surface area contributed by atoms with E-state index >= 15 is 0 Å². The smallest absolute Gasteiger partial charge is 0.335 e. The quantitative estimate of drug-likeness (QED) is 0.851. The Bertz CT molecular complexity index is 751. The van der Waals surface area contributed by atoms with Gasteiger partial charge in [0.1, 0.15) is 0 Å². The number of thioether (sulfide) groups is 1. The molecule has 0 bridgehead atoms. The number of carbonyl (C=O) groups excluding carboxylic acids is 1. The molecular weight excluding hydrogens is 312 g/mol. The fourth-order valence-corrected chi connectivity index (χ4v) is 2.65. The Kier molecular flexibility index (Phi) is 5.78. The van der Waals surface area contributed by atoms with Crippen molar-refractivity contribution in [3.05, 3.63) is 65.2 Å². The predicted molar refractivity (Wildman–Crippen MR) is 89.4 cm³/mol. The molecule has 116 valence electrons. The fourth-order valence-electron chi connectivity index (χ4n) is 1.86. The molecule has 0 aromatic heterocycles. The molecule has 0 heterocycles. The Hall–Kier alpha value is -2.78. The van der Waals surface area contributed by atoms with Crippen LogP contribution in [0.3, 0.4) is 0 Å². The van der Waals surface area contributed by atoms with Crippen molar-refractivity contribution in [1.29, 1.82) is 5.26 Å². The predicted octanol–water partition coefficient (Wildman–Crippen LogP) is 3.13. The van der Waals surface area contributed by atoms with Gasteiger partial charge in [-0.3, -0.25) is 4.79 Å². The molecule has 1 amide bonds. The molecule has 0 radical (unpaired) electrons. The van der Waals surface area contributed by atoms with Gasteiger partial charge in [-0.05, 0) is 35.9 Å². The lowest BCUT2D eigenvalue weighted by Gasteiger charge is -2.06. The molecule has 0 aliphatic carbocycles. The zero-order valence-corrected chi connectivity index (χ0v) is 13.0. The van der Waals surface area contributed by atoms with Crippen molar-refractivity contribution in [3.63, 3.8) is 0 Å². The number of carbonyl (C=O) groups is 2. The molecule has 2 aromatic rings. The first-order chi connectivity index (χ1) is 11.1. The minimum atomic E-state index is -1.03. The highest BCUT2D eigenvalue weighted by molar-refractivity contribution is 7.99. The lowest BCUT2D eigenvalue weighted by molar-refractivity contribution is -0.113. The van der Waals surface area contributed by atoms with E-state index in [-0.39, 0.29) is 17.2 Å². The second kappa shape index (κ2) is 8.01. The van der Waals surface area contributed by atoms with E-state index in [1.165, 1.54) is 23.9 Å². The summed E-state index contributed by atoms with van der Waals surface area (Å²) < 4.78 is 0. The summed E-state index contributed by atoms with van der Waals surface area (Å²) >= 11 is 1.45.